The molecular formula is C21H25FN2O2. The lowest BCUT2D eigenvalue weighted by Crippen LogP contribution is -2.38. The highest BCUT2D eigenvalue weighted by Crippen LogP contribution is 2.17. The van der Waals surface area contributed by atoms with Crippen LogP contribution in [0, 0.1) is 5.82 Å². The zero-order valence-electron chi connectivity index (χ0n) is 15.5. The Morgan fingerprint density at radius 2 is 1.65 bits per heavy atom. The number of rotatable bonds is 7. The zero-order chi connectivity index (χ0) is 19.1. The molecule has 2 aromatic rings. The van der Waals surface area contributed by atoms with Gasteiger partial charge in [-0.25, -0.2) is 4.39 Å². The van der Waals surface area contributed by atoms with Gasteiger partial charge >= 0.3 is 0 Å². The Morgan fingerprint density at radius 3 is 2.19 bits per heavy atom. The summed E-state index contributed by atoms with van der Waals surface area (Å²) in [6, 6.07) is 13.8. The number of hydrogen-bond donors (Lipinski definition) is 1. The standard InChI is InChI=1S/C21H25FN2O2/c1-15(2)18-6-10-20(11-7-18)23-21(26)14-24(16(3)25)13-12-17-4-8-19(22)9-5-17/h4-11,15H,12-14H2,1-3H3,(H,23,26). The molecule has 4 nitrogen and oxygen atoms in total. The van der Waals surface area contributed by atoms with Crippen LogP contribution in [0.1, 0.15) is 37.8 Å². The van der Waals surface area contributed by atoms with Crippen molar-refractivity contribution in [3.8, 4) is 0 Å². The maximum Gasteiger partial charge on any atom is 0.243 e. The molecule has 1 N–H and O–H groups in total. The first kappa shape index (κ1) is 19.6. The van der Waals surface area contributed by atoms with Gasteiger partial charge in [-0.05, 0) is 47.7 Å². The van der Waals surface area contributed by atoms with Gasteiger partial charge in [0.15, 0.2) is 0 Å². The van der Waals surface area contributed by atoms with Crippen LogP contribution in [-0.2, 0) is 16.0 Å². The monoisotopic (exact) mass is 356 g/mol. The number of nitrogens with zero attached hydrogens (tertiary/aromatic N) is 1. The maximum absolute atomic E-state index is 12.9. The van der Waals surface area contributed by atoms with Crippen LogP contribution in [0.25, 0.3) is 0 Å². The molecule has 138 valence electrons. The summed E-state index contributed by atoms with van der Waals surface area (Å²) in [6.07, 6.45) is 0.566. The van der Waals surface area contributed by atoms with Crippen molar-refractivity contribution in [1.29, 1.82) is 0 Å². The quantitative estimate of drug-likeness (QED) is 0.816. The molecule has 5 heteroatoms. The highest BCUT2D eigenvalue weighted by molar-refractivity contribution is 5.94. The Bertz CT molecular complexity index is 740. The van der Waals surface area contributed by atoms with Crippen molar-refractivity contribution in [2.45, 2.75) is 33.1 Å². The molecule has 0 saturated heterocycles. The van der Waals surface area contributed by atoms with Gasteiger partial charge < -0.3 is 10.2 Å². The Labute approximate surface area is 154 Å². The number of benzene rings is 2. The predicted molar refractivity (Wildman–Crippen MR) is 102 cm³/mol. The van der Waals surface area contributed by atoms with Crippen molar-refractivity contribution in [3.63, 3.8) is 0 Å². The lowest BCUT2D eigenvalue weighted by molar-refractivity contribution is -0.132. The minimum absolute atomic E-state index is 0.0114. The second kappa shape index (κ2) is 9.13. The minimum atomic E-state index is -0.292. The zero-order valence-corrected chi connectivity index (χ0v) is 15.5. The van der Waals surface area contributed by atoms with Crippen LogP contribution in [0.15, 0.2) is 48.5 Å². The molecule has 2 rings (SSSR count). The summed E-state index contributed by atoms with van der Waals surface area (Å²) < 4.78 is 12.9. The average Bonchev–Trinajstić information content (AvgIpc) is 2.60. The van der Waals surface area contributed by atoms with E-state index in [9.17, 15) is 14.0 Å². The normalized spacial score (nSPS) is 10.7. The molecule has 2 aromatic carbocycles. The molecule has 0 atom stereocenters. The van der Waals surface area contributed by atoms with Gasteiger partial charge in [0.1, 0.15) is 5.82 Å². The van der Waals surface area contributed by atoms with Crippen LogP contribution in [0.3, 0.4) is 0 Å². The number of amides is 2. The van der Waals surface area contributed by atoms with E-state index in [4.69, 9.17) is 0 Å². The summed E-state index contributed by atoms with van der Waals surface area (Å²) >= 11 is 0. The van der Waals surface area contributed by atoms with Gasteiger partial charge in [-0.3, -0.25) is 9.59 Å². The highest BCUT2D eigenvalue weighted by Gasteiger charge is 2.14. The van der Waals surface area contributed by atoms with Gasteiger partial charge in [0, 0.05) is 19.2 Å². The summed E-state index contributed by atoms with van der Waals surface area (Å²) in [5.74, 6) is -0.270. The fraction of sp³-hybridized carbons (Fsp3) is 0.333. The van der Waals surface area contributed by atoms with Crippen molar-refractivity contribution >= 4 is 17.5 Å². The van der Waals surface area contributed by atoms with E-state index in [1.807, 2.05) is 24.3 Å². The number of nitrogens with one attached hydrogen (secondary N) is 1. The molecule has 0 unspecified atom stereocenters. The molecule has 0 spiro atoms. The van der Waals surface area contributed by atoms with E-state index >= 15 is 0 Å². The summed E-state index contributed by atoms with van der Waals surface area (Å²) in [7, 11) is 0. The smallest absolute Gasteiger partial charge is 0.243 e. The van der Waals surface area contributed by atoms with E-state index in [-0.39, 0.29) is 24.2 Å². The number of anilines is 1. The van der Waals surface area contributed by atoms with E-state index in [1.54, 1.807) is 12.1 Å². The number of halogens is 1. The summed E-state index contributed by atoms with van der Waals surface area (Å²) in [5.41, 5.74) is 2.83. The second-order valence-corrected chi connectivity index (χ2v) is 6.64. The Kier molecular flexibility index (Phi) is 6.89. The fourth-order valence-electron chi connectivity index (χ4n) is 2.59. The molecule has 0 saturated carbocycles. The second-order valence-electron chi connectivity index (χ2n) is 6.64. The molecule has 0 radical (unpaired) electrons. The van der Waals surface area contributed by atoms with Crippen LogP contribution >= 0.6 is 0 Å². The first-order valence-electron chi connectivity index (χ1n) is 8.75. The van der Waals surface area contributed by atoms with Crippen LogP contribution in [0.4, 0.5) is 10.1 Å². The van der Waals surface area contributed by atoms with E-state index in [1.165, 1.54) is 29.5 Å². The van der Waals surface area contributed by atoms with Crippen molar-refractivity contribution in [3.05, 3.63) is 65.5 Å². The average molecular weight is 356 g/mol. The molecule has 0 aliphatic heterocycles. The minimum Gasteiger partial charge on any atom is -0.333 e. The van der Waals surface area contributed by atoms with Crippen LogP contribution < -0.4 is 5.32 Å². The third kappa shape index (κ3) is 5.99. The summed E-state index contributed by atoms with van der Waals surface area (Å²) in [4.78, 5) is 25.5. The lowest BCUT2D eigenvalue weighted by atomic mass is 10.0. The first-order valence-corrected chi connectivity index (χ1v) is 8.75. The van der Waals surface area contributed by atoms with Crippen LogP contribution in [0.2, 0.25) is 0 Å². The third-order valence-corrected chi connectivity index (χ3v) is 4.22. The fourth-order valence-corrected chi connectivity index (χ4v) is 2.59. The maximum atomic E-state index is 12.9. The molecule has 0 aliphatic carbocycles. The van der Waals surface area contributed by atoms with Crippen LogP contribution in [0.5, 0.6) is 0 Å². The molecule has 0 aromatic heterocycles. The SMILES string of the molecule is CC(=O)N(CCc1ccc(F)cc1)CC(=O)Nc1ccc(C(C)C)cc1. The van der Waals surface area contributed by atoms with E-state index in [0.29, 0.717) is 24.6 Å². The molecule has 26 heavy (non-hydrogen) atoms. The topological polar surface area (TPSA) is 49.4 Å². The number of hydrogen-bond acceptors (Lipinski definition) is 2. The Hall–Kier alpha value is -2.69. The van der Waals surface area contributed by atoms with Crippen molar-refractivity contribution in [2.75, 3.05) is 18.4 Å². The Balaban J connectivity index is 1.90. The Morgan fingerprint density at radius 1 is 1.04 bits per heavy atom. The van der Waals surface area contributed by atoms with Crippen molar-refractivity contribution in [2.24, 2.45) is 0 Å². The molecule has 0 bridgehead atoms. The molecule has 0 aliphatic rings. The first-order chi connectivity index (χ1) is 12.3. The lowest BCUT2D eigenvalue weighted by Gasteiger charge is -2.20. The third-order valence-electron chi connectivity index (χ3n) is 4.22. The number of carbonyl (C=O) groups excluding carboxylic acids is 2. The van der Waals surface area contributed by atoms with Gasteiger partial charge in [0.05, 0.1) is 6.54 Å². The largest absolute Gasteiger partial charge is 0.333 e. The van der Waals surface area contributed by atoms with Crippen molar-refractivity contribution in [1.82, 2.24) is 4.90 Å². The van der Waals surface area contributed by atoms with Gasteiger partial charge in [-0.15, -0.1) is 0 Å². The van der Waals surface area contributed by atoms with Gasteiger partial charge in [-0.2, -0.15) is 0 Å². The van der Waals surface area contributed by atoms with E-state index < -0.39 is 0 Å². The number of carbonyl (C=O) groups is 2. The highest BCUT2D eigenvalue weighted by atomic mass is 19.1. The van der Waals surface area contributed by atoms with E-state index in [0.717, 1.165) is 5.56 Å². The summed E-state index contributed by atoms with van der Waals surface area (Å²) in [6.45, 7) is 6.05. The molecule has 2 amide bonds. The summed E-state index contributed by atoms with van der Waals surface area (Å²) in [5, 5.41) is 2.82. The molecule has 0 heterocycles. The molecule has 0 fully saturated rings. The molecular weight excluding hydrogens is 331 g/mol. The predicted octanol–water partition coefficient (Wildman–Crippen LogP) is 3.98. The van der Waals surface area contributed by atoms with Crippen molar-refractivity contribution < 1.29 is 14.0 Å². The van der Waals surface area contributed by atoms with E-state index in [2.05, 4.69) is 19.2 Å². The van der Waals surface area contributed by atoms with Gasteiger partial charge in [0.25, 0.3) is 0 Å². The van der Waals surface area contributed by atoms with Gasteiger partial charge in [-0.1, -0.05) is 38.1 Å². The van der Waals surface area contributed by atoms with Crippen LogP contribution in [-0.4, -0.2) is 29.8 Å². The van der Waals surface area contributed by atoms with Gasteiger partial charge in [0.2, 0.25) is 11.8 Å².